The van der Waals surface area contributed by atoms with E-state index in [4.69, 9.17) is 5.73 Å². The van der Waals surface area contributed by atoms with Crippen LogP contribution < -0.4 is 23.5 Å². The van der Waals surface area contributed by atoms with Crippen LogP contribution >= 0.6 is 0 Å². The summed E-state index contributed by atoms with van der Waals surface area (Å²) >= 11 is 0. The van der Waals surface area contributed by atoms with Gasteiger partial charge in [-0.2, -0.15) is 0 Å². The van der Waals surface area contributed by atoms with Gasteiger partial charge in [-0.15, -0.1) is 0 Å². The van der Waals surface area contributed by atoms with Gasteiger partial charge in [-0.25, -0.2) is 0 Å². The predicted octanol–water partition coefficient (Wildman–Crippen LogP) is -0.870. The zero-order valence-corrected chi connectivity index (χ0v) is 10.2. The summed E-state index contributed by atoms with van der Waals surface area (Å²) in [5.41, 5.74) is 6.26. The van der Waals surface area contributed by atoms with E-state index in [0.717, 1.165) is 16.5 Å². The van der Waals surface area contributed by atoms with Gasteiger partial charge in [-0.1, -0.05) is 30.3 Å². The molecule has 0 fully saturated rings. The average molecular weight is 250 g/mol. The lowest BCUT2D eigenvalue weighted by Crippen LogP contribution is -3.00. The zero-order chi connectivity index (χ0) is 11.5. The molecule has 0 saturated carbocycles. The summed E-state index contributed by atoms with van der Waals surface area (Å²) in [7, 11) is 0. The number of hydrogen-bond donors (Lipinski definition) is 2. The van der Waals surface area contributed by atoms with Crippen molar-refractivity contribution in [3.8, 4) is 0 Å². The van der Waals surface area contributed by atoms with Gasteiger partial charge in [0.2, 0.25) is 5.91 Å². The van der Waals surface area contributed by atoms with E-state index in [1.807, 2.05) is 42.5 Å². The molecule has 0 saturated heterocycles. The minimum Gasteiger partial charge on any atom is -1.00 e. The van der Waals surface area contributed by atoms with Crippen molar-refractivity contribution in [1.29, 1.82) is 0 Å². The van der Waals surface area contributed by atoms with Crippen LogP contribution in [0.2, 0.25) is 0 Å². The number of amides is 1. The summed E-state index contributed by atoms with van der Waals surface area (Å²) in [5.74, 6) is -0.171. The van der Waals surface area contributed by atoms with Crippen LogP contribution in [0.3, 0.4) is 0 Å². The fourth-order valence-electron chi connectivity index (χ4n) is 1.52. The van der Waals surface area contributed by atoms with E-state index >= 15 is 0 Å². The minimum atomic E-state index is -0.494. The predicted molar refractivity (Wildman–Crippen MR) is 66.2 cm³/mol. The number of fused-ring (bicyclic) bond motifs is 1. The Labute approximate surface area is 106 Å². The maximum Gasteiger partial charge on any atom is 0.240 e. The molecule has 90 valence electrons. The van der Waals surface area contributed by atoms with Crippen molar-refractivity contribution in [1.82, 2.24) is 0 Å². The monoisotopic (exact) mass is 249 g/mol. The number of rotatable bonds is 2. The highest BCUT2D eigenvalue weighted by Crippen LogP contribution is 2.18. The molecule has 0 spiro atoms. The zero-order valence-electron chi connectivity index (χ0n) is 9.48. The normalized spacial score (nSPS) is 11.6. The van der Waals surface area contributed by atoms with Crippen molar-refractivity contribution >= 4 is 22.4 Å². The van der Waals surface area contributed by atoms with Gasteiger partial charge in [-0.05, 0) is 29.8 Å². The molecule has 2 aromatic rings. The topological polar surface area (TPSA) is 55.1 Å². The van der Waals surface area contributed by atoms with Gasteiger partial charge in [0.15, 0.2) is 0 Å². The van der Waals surface area contributed by atoms with Crippen LogP contribution in [-0.2, 0) is 4.79 Å². The molecule has 1 atom stereocenters. The molecule has 0 aromatic heterocycles. The second kappa shape index (κ2) is 5.66. The lowest BCUT2D eigenvalue weighted by atomic mass is 10.1. The molecule has 0 radical (unpaired) electrons. The summed E-state index contributed by atoms with van der Waals surface area (Å²) in [6, 6.07) is 13.3. The molecule has 3 nitrogen and oxygen atoms in total. The Morgan fingerprint density at radius 1 is 1.18 bits per heavy atom. The Morgan fingerprint density at radius 2 is 1.82 bits per heavy atom. The Hall–Kier alpha value is -1.58. The third-order valence-electron chi connectivity index (χ3n) is 2.43. The molecule has 0 aliphatic rings. The first kappa shape index (κ1) is 13.5. The fourth-order valence-corrected chi connectivity index (χ4v) is 1.52. The number of nitrogens with two attached hydrogens (primary N) is 1. The lowest BCUT2D eigenvalue weighted by molar-refractivity contribution is -0.117. The van der Waals surface area contributed by atoms with Crippen molar-refractivity contribution in [3.05, 3.63) is 42.5 Å². The molecule has 1 unspecified atom stereocenters. The average Bonchev–Trinajstić information content (AvgIpc) is 2.28. The lowest BCUT2D eigenvalue weighted by Gasteiger charge is -2.08. The van der Waals surface area contributed by atoms with Gasteiger partial charge in [0, 0.05) is 5.69 Å². The molecule has 4 heteroatoms. The highest BCUT2D eigenvalue weighted by Gasteiger charge is 2.07. The van der Waals surface area contributed by atoms with Crippen molar-refractivity contribution in [3.63, 3.8) is 0 Å². The second-order valence-corrected chi connectivity index (χ2v) is 3.84. The summed E-state index contributed by atoms with van der Waals surface area (Å²) in [5, 5.41) is 5.03. The molecule has 17 heavy (non-hydrogen) atoms. The van der Waals surface area contributed by atoms with Crippen LogP contribution in [-0.4, -0.2) is 11.9 Å². The standard InChI is InChI=1S/C13H14N2O.ClH/c1-9(14)13(16)15-12-7-6-10-4-2-3-5-11(10)8-12;/h2-9H,14H2,1H3,(H,15,16);1H/p-1. The van der Waals surface area contributed by atoms with E-state index in [0.29, 0.717) is 0 Å². The largest absolute Gasteiger partial charge is 1.00 e. The minimum absolute atomic E-state index is 0. The van der Waals surface area contributed by atoms with Gasteiger partial charge >= 0.3 is 0 Å². The summed E-state index contributed by atoms with van der Waals surface area (Å²) < 4.78 is 0. The van der Waals surface area contributed by atoms with Gasteiger partial charge < -0.3 is 23.5 Å². The van der Waals surface area contributed by atoms with E-state index in [1.54, 1.807) is 6.92 Å². The van der Waals surface area contributed by atoms with Gasteiger partial charge in [0.1, 0.15) is 0 Å². The first-order chi connectivity index (χ1) is 7.66. The first-order valence-electron chi connectivity index (χ1n) is 5.22. The van der Waals surface area contributed by atoms with Crippen LogP contribution in [0.1, 0.15) is 6.92 Å². The van der Waals surface area contributed by atoms with Crippen molar-refractivity contribution in [2.45, 2.75) is 13.0 Å². The van der Waals surface area contributed by atoms with Crippen LogP contribution in [0.4, 0.5) is 5.69 Å². The molecule has 2 aromatic carbocycles. The number of hydrogen-bond acceptors (Lipinski definition) is 2. The molecule has 0 heterocycles. The van der Waals surface area contributed by atoms with Gasteiger partial charge in [-0.3, -0.25) is 4.79 Å². The van der Waals surface area contributed by atoms with Crippen molar-refractivity contribution in [2.24, 2.45) is 5.73 Å². The Morgan fingerprint density at radius 3 is 2.47 bits per heavy atom. The summed E-state index contributed by atoms with van der Waals surface area (Å²) in [6.07, 6.45) is 0. The Bertz CT molecular complexity index is 526. The number of carbonyl (C=O) groups excluding carboxylic acids is 1. The third kappa shape index (κ3) is 3.19. The van der Waals surface area contributed by atoms with Crippen LogP contribution in [0.5, 0.6) is 0 Å². The molecular formula is C13H14ClN2O-. The van der Waals surface area contributed by atoms with Crippen LogP contribution in [0.15, 0.2) is 42.5 Å². The summed E-state index contributed by atoms with van der Waals surface area (Å²) in [6.45, 7) is 1.66. The fraction of sp³-hybridized carbons (Fsp3) is 0.154. The number of anilines is 1. The molecule has 2 rings (SSSR count). The third-order valence-corrected chi connectivity index (χ3v) is 2.43. The van der Waals surface area contributed by atoms with E-state index in [2.05, 4.69) is 5.32 Å². The number of benzene rings is 2. The van der Waals surface area contributed by atoms with E-state index in [-0.39, 0.29) is 18.3 Å². The number of nitrogens with one attached hydrogen (secondary N) is 1. The van der Waals surface area contributed by atoms with Crippen molar-refractivity contribution < 1.29 is 17.2 Å². The van der Waals surface area contributed by atoms with E-state index in [1.165, 1.54) is 0 Å². The number of halogens is 1. The van der Waals surface area contributed by atoms with Gasteiger partial charge in [0.25, 0.3) is 0 Å². The molecule has 0 aliphatic carbocycles. The molecular weight excluding hydrogens is 236 g/mol. The maximum atomic E-state index is 11.4. The van der Waals surface area contributed by atoms with Crippen LogP contribution in [0, 0.1) is 0 Å². The molecule has 1 amide bonds. The van der Waals surface area contributed by atoms with Gasteiger partial charge in [0.05, 0.1) is 6.04 Å². The Balaban J connectivity index is 0.00000144. The number of carbonyl (C=O) groups is 1. The molecule has 0 bridgehead atoms. The highest BCUT2D eigenvalue weighted by molar-refractivity contribution is 5.96. The van der Waals surface area contributed by atoms with E-state index < -0.39 is 6.04 Å². The SMILES string of the molecule is CC(N)C(=O)Nc1ccc2ccccc2c1.[Cl-]. The molecule has 3 N–H and O–H groups in total. The smallest absolute Gasteiger partial charge is 0.240 e. The van der Waals surface area contributed by atoms with Crippen molar-refractivity contribution in [2.75, 3.05) is 5.32 Å². The quantitative estimate of drug-likeness (QED) is 0.727. The Kier molecular flexibility index (Phi) is 4.49. The summed E-state index contributed by atoms with van der Waals surface area (Å²) in [4.78, 5) is 11.4. The first-order valence-corrected chi connectivity index (χ1v) is 5.22. The van der Waals surface area contributed by atoms with Crippen LogP contribution in [0.25, 0.3) is 10.8 Å². The maximum absolute atomic E-state index is 11.4. The molecule has 0 aliphatic heterocycles. The highest BCUT2D eigenvalue weighted by atomic mass is 35.5. The van der Waals surface area contributed by atoms with E-state index in [9.17, 15) is 4.79 Å². The second-order valence-electron chi connectivity index (χ2n) is 3.84.